The molecule has 0 aromatic heterocycles. The van der Waals surface area contributed by atoms with Gasteiger partial charge in [0, 0.05) is 6.42 Å². The first-order valence-electron chi connectivity index (χ1n) is 7.73. The Morgan fingerprint density at radius 3 is 2.12 bits per heavy atom. The number of hydrogen-bond acceptors (Lipinski definition) is 1. The standard InChI is InChI=1S/C16H28O/c1-2-16(12-13-17)10-8-15(9-11-16)14-6-4-3-5-7-14/h13-15H,2-12H2,1H3/t15-,16-. The van der Waals surface area contributed by atoms with Gasteiger partial charge in [-0.1, -0.05) is 45.4 Å². The minimum atomic E-state index is 0.382. The zero-order valence-corrected chi connectivity index (χ0v) is 11.4. The van der Waals surface area contributed by atoms with Crippen LogP contribution in [-0.2, 0) is 4.79 Å². The molecule has 0 spiro atoms. The van der Waals surface area contributed by atoms with E-state index in [0.29, 0.717) is 5.41 Å². The summed E-state index contributed by atoms with van der Waals surface area (Å²) >= 11 is 0. The molecule has 2 saturated carbocycles. The van der Waals surface area contributed by atoms with Crippen LogP contribution < -0.4 is 0 Å². The van der Waals surface area contributed by atoms with Crippen LogP contribution in [0, 0.1) is 17.3 Å². The Hall–Kier alpha value is -0.330. The molecule has 0 atom stereocenters. The molecule has 0 bridgehead atoms. The number of aldehydes is 1. The Balaban J connectivity index is 1.85. The Morgan fingerprint density at radius 1 is 1.00 bits per heavy atom. The minimum Gasteiger partial charge on any atom is -0.303 e. The summed E-state index contributed by atoms with van der Waals surface area (Å²) in [5.41, 5.74) is 0.382. The molecular formula is C16H28O. The molecule has 2 fully saturated rings. The summed E-state index contributed by atoms with van der Waals surface area (Å²) in [6, 6.07) is 0. The first kappa shape index (κ1) is 13.1. The number of rotatable bonds is 4. The molecule has 98 valence electrons. The molecule has 2 aliphatic carbocycles. The van der Waals surface area contributed by atoms with Crippen LogP contribution in [0.25, 0.3) is 0 Å². The Labute approximate surface area is 106 Å². The van der Waals surface area contributed by atoms with Gasteiger partial charge >= 0.3 is 0 Å². The van der Waals surface area contributed by atoms with Crippen molar-refractivity contribution in [2.45, 2.75) is 77.6 Å². The van der Waals surface area contributed by atoms with Crippen LogP contribution in [-0.4, -0.2) is 6.29 Å². The summed E-state index contributed by atoms with van der Waals surface area (Å²) in [5, 5.41) is 0. The van der Waals surface area contributed by atoms with Crippen molar-refractivity contribution in [1.82, 2.24) is 0 Å². The highest BCUT2D eigenvalue weighted by Gasteiger charge is 2.36. The van der Waals surface area contributed by atoms with E-state index in [4.69, 9.17) is 0 Å². The van der Waals surface area contributed by atoms with Crippen molar-refractivity contribution in [1.29, 1.82) is 0 Å². The van der Waals surface area contributed by atoms with E-state index in [1.807, 2.05) is 0 Å². The molecule has 2 aliphatic rings. The summed E-state index contributed by atoms with van der Waals surface area (Å²) < 4.78 is 0. The van der Waals surface area contributed by atoms with Crippen molar-refractivity contribution in [2.24, 2.45) is 17.3 Å². The second-order valence-corrected chi connectivity index (χ2v) is 6.46. The van der Waals surface area contributed by atoms with Crippen molar-refractivity contribution in [3.05, 3.63) is 0 Å². The van der Waals surface area contributed by atoms with Gasteiger partial charge in [-0.3, -0.25) is 0 Å². The van der Waals surface area contributed by atoms with E-state index in [2.05, 4.69) is 6.92 Å². The monoisotopic (exact) mass is 236 g/mol. The molecule has 0 N–H and O–H groups in total. The Morgan fingerprint density at radius 2 is 1.59 bits per heavy atom. The zero-order chi connectivity index (χ0) is 12.1. The number of carbonyl (C=O) groups excluding carboxylic acids is 1. The van der Waals surface area contributed by atoms with Gasteiger partial charge in [-0.2, -0.15) is 0 Å². The van der Waals surface area contributed by atoms with Gasteiger partial charge in [0.15, 0.2) is 0 Å². The first-order valence-corrected chi connectivity index (χ1v) is 7.73. The molecule has 0 amide bonds. The normalized spacial score (nSPS) is 35.7. The van der Waals surface area contributed by atoms with Crippen molar-refractivity contribution < 1.29 is 4.79 Å². The van der Waals surface area contributed by atoms with Gasteiger partial charge in [0.1, 0.15) is 6.29 Å². The van der Waals surface area contributed by atoms with E-state index < -0.39 is 0 Å². The predicted octanol–water partition coefficient (Wildman–Crippen LogP) is 4.74. The van der Waals surface area contributed by atoms with Crippen LogP contribution in [0.4, 0.5) is 0 Å². The molecule has 1 heteroatoms. The molecule has 0 aromatic rings. The predicted molar refractivity (Wildman–Crippen MR) is 71.9 cm³/mol. The van der Waals surface area contributed by atoms with Gasteiger partial charge in [-0.15, -0.1) is 0 Å². The van der Waals surface area contributed by atoms with E-state index in [1.54, 1.807) is 0 Å². The smallest absolute Gasteiger partial charge is 0.120 e. The highest BCUT2D eigenvalue weighted by molar-refractivity contribution is 5.50. The van der Waals surface area contributed by atoms with Crippen molar-refractivity contribution in [2.75, 3.05) is 0 Å². The first-order chi connectivity index (χ1) is 8.29. The molecule has 0 heterocycles. The number of hydrogen-bond donors (Lipinski definition) is 0. The average Bonchev–Trinajstić information content (AvgIpc) is 2.41. The number of carbonyl (C=O) groups is 1. The van der Waals surface area contributed by atoms with E-state index >= 15 is 0 Å². The molecule has 0 radical (unpaired) electrons. The third kappa shape index (κ3) is 3.11. The summed E-state index contributed by atoms with van der Waals surface area (Å²) in [4.78, 5) is 10.8. The maximum Gasteiger partial charge on any atom is 0.120 e. The van der Waals surface area contributed by atoms with Crippen molar-refractivity contribution >= 4 is 6.29 Å². The van der Waals surface area contributed by atoms with E-state index in [0.717, 1.165) is 24.5 Å². The minimum absolute atomic E-state index is 0.382. The molecular weight excluding hydrogens is 208 g/mol. The second-order valence-electron chi connectivity index (χ2n) is 6.46. The molecule has 0 saturated heterocycles. The third-order valence-corrected chi connectivity index (χ3v) is 5.67. The lowest BCUT2D eigenvalue weighted by atomic mass is 9.63. The molecule has 0 aromatic carbocycles. The fourth-order valence-corrected chi connectivity index (χ4v) is 4.21. The summed E-state index contributed by atoms with van der Waals surface area (Å²) in [6.07, 6.45) is 15.9. The van der Waals surface area contributed by atoms with Gasteiger partial charge in [0.2, 0.25) is 0 Å². The Bertz CT molecular complexity index is 232. The lowest BCUT2D eigenvalue weighted by Gasteiger charge is -2.42. The maximum absolute atomic E-state index is 10.8. The molecule has 1 nitrogen and oxygen atoms in total. The summed E-state index contributed by atoms with van der Waals surface area (Å²) in [7, 11) is 0. The highest BCUT2D eigenvalue weighted by atomic mass is 16.1. The van der Waals surface area contributed by atoms with Crippen LogP contribution >= 0.6 is 0 Å². The lowest BCUT2D eigenvalue weighted by molar-refractivity contribution is -0.110. The van der Waals surface area contributed by atoms with Crippen LogP contribution in [0.1, 0.15) is 77.6 Å². The highest BCUT2D eigenvalue weighted by Crippen LogP contribution is 2.47. The molecule has 17 heavy (non-hydrogen) atoms. The van der Waals surface area contributed by atoms with Gasteiger partial charge < -0.3 is 4.79 Å². The van der Waals surface area contributed by atoms with Gasteiger partial charge in [0.25, 0.3) is 0 Å². The van der Waals surface area contributed by atoms with E-state index in [9.17, 15) is 4.79 Å². The van der Waals surface area contributed by atoms with Crippen LogP contribution in [0.15, 0.2) is 0 Å². The molecule has 0 aliphatic heterocycles. The average molecular weight is 236 g/mol. The molecule has 0 unspecified atom stereocenters. The SMILES string of the molecule is CC[C@]1(CC=O)CC[C@H](C2CCCCC2)CC1. The topological polar surface area (TPSA) is 17.1 Å². The summed E-state index contributed by atoms with van der Waals surface area (Å²) in [6.45, 7) is 2.27. The maximum atomic E-state index is 10.8. The van der Waals surface area contributed by atoms with Crippen molar-refractivity contribution in [3.63, 3.8) is 0 Å². The fraction of sp³-hybridized carbons (Fsp3) is 0.938. The largest absolute Gasteiger partial charge is 0.303 e. The second kappa shape index (κ2) is 6.02. The summed E-state index contributed by atoms with van der Waals surface area (Å²) in [5.74, 6) is 2.01. The lowest BCUT2D eigenvalue weighted by Crippen LogP contribution is -2.31. The van der Waals surface area contributed by atoms with Crippen LogP contribution in [0.5, 0.6) is 0 Å². The van der Waals surface area contributed by atoms with Crippen LogP contribution in [0.3, 0.4) is 0 Å². The zero-order valence-electron chi connectivity index (χ0n) is 11.4. The van der Waals surface area contributed by atoms with Gasteiger partial charge in [0.05, 0.1) is 0 Å². The van der Waals surface area contributed by atoms with E-state index in [1.165, 1.54) is 64.2 Å². The van der Waals surface area contributed by atoms with Gasteiger partial charge in [-0.05, 0) is 42.9 Å². The third-order valence-electron chi connectivity index (χ3n) is 5.67. The quantitative estimate of drug-likeness (QED) is 0.644. The van der Waals surface area contributed by atoms with Gasteiger partial charge in [-0.25, -0.2) is 0 Å². The van der Waals surface area contributed by atoms with Crippen LogP contribution in [0.2, 0.25) is 0 Å². The van der Waals surface area contributed by atoms with Crippen molar-refractivity contribution in [3.8, 4) is 0 Å². The molecule has 2 rings (SSSR count). The van der Waals surface area contributed by atoms with E-state index in [-0.39, 0.29) is 0 Å². The fourth-order valence-electron chi connectivity index (χ4n) is 4.21. The Kier molecular flexibility index (Phi) is 4.64.